The van der Waals surface area contributed by atoms with Crippen LogP contribution in [-0.4, -0.2) is 6.85 Å². The van der Waals surface area contributed by atoms with Gasteiger partial charge in [-0.25, -0.2) is 0 Å². The van der Waals surface area contributed by atoms with Crippen LogP contribution in [0.4, 0.5) is 28.4 Å². The fourth-order valence-corrected chi connectivity index (χ4v) is 10.1. The molecule has 8 aromatic carbocycles. The van der Waals surface area contributed by atoms with Crippen LogP contribution in [0.15, 0.2) is 173 Å². The Morgan fingerprint density at radius 2 is 1.13 bits per heavy atom. The normalized spacial score (nSPS) is 13.6. The van der Waals surface area contributed by atoms with Crippen LogP contribution >= 0.6 is 0 Å². The Hall–Kier alpha value is -6.98. The van der Waals surface area contributed by atoms with Gasteiger partial charge in [0.2, 0.25) is 0 Å². The summed E-state index contributed by atoms with van der Waals surface area (Å²) in [5, 5.41) is 4.42. The van der Waals surface area contributed by atoms with Crippen molar-refractivity contribution in [3.05, 3.63) is 175 Å². The lowest BCUT2D eigenvalue weighted by atomic mass is 9.43. The molecule has 10 aromatic rings. The molecule has 0 aliphatic carbocycles. The number of furan rings is 2. The lowest BCUT2D eigenvalue weighted by molar-refractivity contribution is 0.590. The zero-order chi connectivity index (χ0) is 41.4. The third kappa shape index (κ3) is 5.26. The Bertz CT molecular complexity index is 3400. The Labute approximate surface area is 356 Å². The quantitative estimate of drug-likeness (QED) is 0.167. The summed E-state index contributed by atoms with van der Waals surface area (Å²) in [6.07, 6.45) is 0. The zero-order valence-corrected chi connectivity index (χ0v) is 35.4. The first-order chi connectivity index (χ1) is 29.5. The first-order valence-corrected chi connectivity index (χ1v) is 21.5. The van der Waals surface area contributed by atoms with Crippen LogP contribution in [0.1, 0.15) is 52.7 Å². The summed E-state index contributed by atoms with van der Waals surface area (Å²) in [5.41, 5.74) is 18.9. The molecule has 0 fully saturated rings. The molecule has 0 atom stereocenters. The maximum Gasteiger partial charge on any atom is 0.333 e. The summed E-state index contributed by atoms with van der Waals surface area (Å²) in [6, 6.07) is 60.1. The summed E-state index contributed by atoms with van der Waals surface area (Å²) in [4.78, 5) is 5.15. The molecule has 0 radical (unpaired) electrons. The highest BCUT2D eigenvalue weighted by Crippen LogP contribution is 2.53. The summed E-state index contributed by atoms with van der Waals surface area (Å²) in [5.74, 6) is 0. The summed E-state index contributed by atoms with van der Waals surface area (Å²) < 4.78 is 13.8. The van der Waals surface area contributed by atoms with Crippen molar-refractivity contribution in [1.29, 1.82) is 0 Å². The second-order valence-corrected chi connectivity index (χ2v) is 18.9. The van der Waals surface area contributed by atoms with Crippen LogP contribution in [0.25, 0.3) is 66.1 Å². The molecule has 0 N–H and O–H groups in total. The SMILES string of the molecule is CC(C)(C)c1ccc(N2B3c4ccc5oc6ccccc6c5c4N(c4ccc(C(C)(C)C)cc4-c4ccccc4)c4cc5c(oc6ccccc65)c(c43)-c3ccccc32)cc1. The molecule has 2 aliphatic rings. The molecule has 61 heavy (non-hydrogen) atoms. The molecular formula is C56H45BN2O2. The van der Waals surface area contributed by atoms with Gasteiger partial charge in [-0.2, -0.15) is 0 Å². The number of fused-ring (bicyclic) bond motifs is 12. The third-order valence-electron chi connectivity index (χ3n) is 13.2. The third-order valence-corrected chi connectivity index (χ3v) is 13.2. The molecule has 0 saturated carbocycles. The fourth-order valence-electron chi connectivity index (χ4n) is 10.1. The summed E-state index contributed by atoms with van der Waals surface area (Å²) in [6.45, 7) is 13.5. The van der Waals surface area contributed by atoms with Crippen LogP contribution in [-0.2, 0) is 10.8 Å². The molecule has 294 valence electrons. The van der Waals surface area contributed by atoms with E-state index in [4.69, 9.17) is 8.83 Å². The number of benzene rings is 8. The van der Waals surface area contributed by atoms with Gasteiger partial charge in [-0.15, -0.1) is 0 Å². The maximum absolute atomic E-state index is 7.01. The molecule has 0 spiro atoms. The van der Waals surface area contributed by atoms with Crippen molar-refractivity contribution in [2.45, 2.75) is 52.4 Å². The summed E-state index contributed by atoms with van der Waals surface area (Å²) >= 11 is 0. The van der Waals surface area contributed by atoms with Crippen molar-refractivity contribution in [1.82, 2.24) is 0 Å². The molecule has 4 nitrogen and oxygen atoms in total. The highest BCUT2D eigenvalue weighted by Gasteiger charge is 2.47. The topological polar surface area (TPSA) is 32.8 Å². The van der Waals surface area contributed by atoms with Gasteiger partial charge in [0, 0.05) is 49.9 Å². The van der Waals surface area contributed by atoms with Crippen molar-refractivity contribution >= 4 is 90.1 Å². The van der Waals surface area contributed by atoms with Gasteiger partial charge >= 0.3 is 6.85 Å². The average Bonchev–Trinajstić information content (AvgIpc) is 3.84. The Kier molecular flexibility index (Phi) is 7.52. The van der Waals surface area contributed by atoms with E-state index in [2.05, 4.69) is 215 Å². The van der Waals surface area contributed by atoms with Crippen molar-refractivity contribution in [3.63, 3.8) is 0 Å². The second-order valence-electron chi connectivity index (χ2n) is 18.9. The molecule has 2 aromatic heterocycles. The number of hydrogen-bond donors (Lipinski definition) is 0. The highest BCUT2D eigenvalue weighted by atomic mass is 16.3. The average molecular weight is 789 g/mol. The van der Waals surface area contributed by atoms with Crippen LogP contribution in [0.5, 0.6) is 0 Å². The zero-order valence-electron chi connectivity index (χ0n) is 35.4. The van der Waals surface area contributed by atoms with E-state index in [9.17, 15) is 0 Å². The predicted octanol–water partition coefficient (Wildman–Crippen LogP) is 14.5. The smallest absolute Gasteiger partial charge is 0.333 e. The first kappa shape index (κ1) is 35.9. The van der Waals surface area contributed by atoms with E-state index in [0.29, 0.717) is 0 Å². The largest absolute Gasteiger partial charge is 0.456 e. The first-order valence-electron chi connectivity index (χ1n) is 21.5. The van der Waals surface area contributed by atoms with Crippen molar-refractivity contribution < 1.29 is 8.83 Å². The lowest BCUT2D eigenvalue weighted by Gasteiger charge is -2.46. The molecule has 0 amide bonds. The van der Waals surface area contributed by atoms with Gasteiger partial charge in [0.1, 0.15) is 22.3 Å². The van der Waals surface area contributed by atoms with Gasteiger partial charge in [0.15, 0.2) is 0 Å². The number of rotatable bonds is 3. The van der Waals surface area contributed by atoms with E-state index in [0.717, 1.165) is 83.4 Å². The molecule has 0 saturated heterocycles. The lowest BCUT2D eigenvalue weighted by Crippen LogP contribution is -2.61. The minimum absolute atomic E-state index is 0.0237. The van der Waals surface area contributed by atoms with Crippen LogP contribution < -0.4 is 20.6 Å². The molecule has 0 unspecified atom stereocenters. The molecule has 2 aliphatic heterocycles. The fraction of sp³-hybridized carbons (Fsp3) is 0.143. The van der Waals surface area contributed by atoms with Crippen molar-refractivity contribution in [2.24, 2.45) is 0 Å². The van der Waals surface area contributed by atoms with E-state index in [1.54, 1.807) is 0 Å². The van der Waals surface area contributed by atoms with Crippen LogP contribution in [0.2, 0.25) is 0 Å². The van der Waals surface area contributed by atoms with Crippen LogP contribution in [0.3, 0.4) is 0 Å². The minimum Gasteiger partial charge on any atom is -0.456 e. The van der Waals surface area contributed by atoms with Gasteiger partial charge in [0.25, 0.3) is 0 Å². The van der Waals surface area contributed by atoms with Crippen molar-refractivity contribution in [3.8, 4) is 22.3 Å². The minimum atomic E-state index is -0.198. The predicted molar refractivity (Wildman–Crippen MR) is 258 cm³/mol. The summed E-state index contributed by atoms with van der Waals surface area (Å²) in [7, 11) is 0. The van der Waals surface area contributed by atoms with Gasteiger partial charge in [-0.3, -0.25) is 0 Å². The van der Waals surface area contributed by atoms with Crippen molar-refractivity contribution in [2.75, 3.05) is 9.71 Å². The number of hydrogen-bond acceptors (Lipinski definition) is 4. The molecule has 12 rings (SSSR count). The van der Waals surface area contributed by atoms with E-state index in [1.165, 1.54) is 33.2 Å². The van der Waals surface area contributed by atoms with E-state index in [1.807, 2.05) is 0 Å². The van der Waals surface area contributed by atoms with E-state index < -0.39 is 0 Å². The number of anilines is 5. The van der Waals surface area contributed by atoms with Crippen LogP contribution in [0, 0.1) is 0 Å². The molecular weight excluding hydrogens is 743 g/mol. The Balaban J connectivity index is 1.28. The van der Waals surface area contributed by atoms with Gasteiger partial charge in [-0.05, 0) is 93.0 Å². The number of para-hydroxylation sites is 3. The monoisotopic (exact) mass is 788 g/mol. The Morgan fingerprint density at radius 1 is 0.475 bits per heavy atom. The number of nitrogens with zero attached hydrogens (tertiary/aromatic N) is 2. The standard InChI is InChI=1S/C56H45BN2O2/c1-55(2,3)35-24-27-37(28-25-35)59-45-21-13-10-19-39(45)51-52-46(33-42-38-18-11-14-22-47(38)61-54(42)51)58(44-30-26-36(56(4,5)6)32-41(44)34-16-8-7-9-17-34)53-43(57(52)59)29-31-49-50(53)40-20-12-15-23-48(40)60-49/h7-33H,1-6H3. The molecule has 5 heteroatoms. The van der Waals surface area contributed by atoms with E-state index >= 15 is 0 Å². The van der Waals surface area contributed by atoms with E-state index in [-0.39, 0.29) is 17.7 Å². The highest BCUT2D eigenvalue weighted by molar-refractivity contribution is 6.94. The van der Waals surface area contributed by atoms with Gasteiger partial charge in [0.05, 0.1) is 16.8 Å². The second kappa shape index (κ2) is 12.8. The molecule has 0 bridgehead atoms. The van der Waals surface area contributed by atoms with Gasteiger partial charge < -0.3 is 18.5 Å². The van der Waals surface area contributed by atoms with Gasteiger partial charge in [-0.1, -0.05) is 151 Å². The Morgan fingerprint density at radius 3 is 1.89 bits per heavy atom. The maximum atomic E-state index is 7.01. The molecule has 4 heterocycles.